The van der Waals surface area contributed by atoms with E-state index >= 15 is 0 Å². The van der Waals surface area contributed by atoms with Crippen LogP contribution in [0, 0.1) is 11.8 Å². The molecule has 2 rings (SSSR count). The molecule has 2 nitrogen and oxygen atoms in total. The van der Waals surface area contributed by atoms with Crippen LogP contribution < -0.4 is 0 Å². The van der Waals surface area contributed by atoms with Gasteiger partial charge in [0, 0.05) is 17.9 Å². The number of fused-ring (bicyclic) bond motifs is 1. The Hall–Kier alpha value is -0.790. The second kappa shape index (κ2) is 2.92. The summed E-state index contributed by atoms with van der Waals surface area (Å²) in [5.74, 6) is 1.88. The van der Waals surface area contributed by atoms with Crippen LogP contribution in [0.15, 0.2) is 11.8 Å². The van der Waals surface area contributed by atoms with E-state index in [0.717, 1.165) is 18.6 Å². The number of carbonyl (C=O) groups is 1. The van der Waals surface area contributed by atoms with Gasteiger partial charge < -0.3 is 4.74 Å². The molecular weight excluding hydrogens is 152 g/mol. The molecule has 2 aliphatic rings. The van der Waals surface area contributed by atoms with Gasteiger partial charge in [-0.15, -0.1) is 0 Å². The maximum absolute atomic E-state index is 11.4. The van der Waals surface area contributed by atoms with E-state index in [9.17, 15) is 4.79 Å². The fourth-order valence-corrected chi connectivity index (χ4v) is 2.38. The van der Waals surface area contributed by atoms with Crippen molar-refractivity contribution in [1.82, 2.24) is 0 Å². The molecule has 0 bridgehead atoms. The third kappa shape index (κ3) is 1.06. The van der Waals surface area contributed by atoms with Crippen LogP contribution in [0.3, 0.4) is 0 Å². The lowest BCUT2D eigenvalue weighted by Gasteiger charge is -2.25. The smallest absolute Gasteiger partial charge is 0.162 e. The van der Waals surface area contributed by atoms with Gasteiger partial charge >= 0.3 is 0 Å². The highest BCUT2D eigenvalue weighted by Gasteiger charge is 2.38. The van der Waals surface area contributed by atoms with E-state index in [2.05, 4.69) is 0 Å². The van der Waals surface area contributed by atoms with Crippen LogP contribution in [0.1, 0.15) is 25.7 Å². The van der Waals surface area contributed by atoms with Crippen LogP contribution in [0.25, 0.3) is 0 Å². The van der Waals surface area contributed by atoms with Gasteiger partial charge in [0.05, 0.1) is 7.11 Å². The van der Waals surface area contributed by atoms with Crippen molar-refractivity contribution in [3.8, 4) is 0 Å². The number of hydrogen-bond acceptors (Lipinski definition) is 2. The maximum atomic E-state index is 11.4. The largest absolute Gasteiger partial charge is 0.501 e. The van der Waals surface area contributed by atoms with E-state index in [1.807, 2.05) is 0 Å². The van der Waals surface area contributed by atoms with E-state index in [1.54, 1.807) is 13.2 Å². The number of hydrogen-bond donors (Lipinski definition) is 0. The molecule has 2 unspecified atom stereocenters. The second-order valence-electron chi connectivity index (χ2n) is 3.65. The molecule has 0 aromatic heterocycles. The van der Waals surface area contributed by atoms with Crippen molar-refractivity contribution in [1.29, 1.82) is 0 Å². The Bertz CT molecular complexity index is 230. The molecule has 0 aromatic carbocycles. The van der Waals surface area contributed by atoms with Crippen LogP contribution in [0.2, 0.25) is 0 Å². The SMILES string of the molecule is COC1=CC(=O)C2CCCCC12. The Labute approximate surface area is 72.6 Å². The Morgan fingerprint density at radius 3 is 2.67 bits per heavy atom. The third-order valence-electron chi connectivity index (χ3n) is 3.02. The van der Waals surface area contributed by atoms with Crippen molar-refractivity contribution in [3.63, 3.8) is 0 Å². The summed E-state index contributed by atoms with van der Waals surface area (Å²) in [6.45, 7) is 0. The van der Waals surface area contributed by atoms with Gasteiger partial charge in [-0.25, -0.2) is 0 Å². The molecule has 0 aliphatic heterocycles. The first-order valence-electron chi connectivity index (χ1n) is 4.62. The summed E-state index contributed by atoms with van der Waals surface area (Å²) in [4.78, 5) is 11.4. The van der Waals surface area contributed by atoms with Crippen molar-refractivity contribution in [3.05, 3.63) is 11.8 Å². The second-order valence-corrected chi connectivity index (χ2v) is 3.65. The Balaban J connectivity index is 2.18. The van der Waals surface area contributed by atoms with Gasteiger partial charge in [-0.1, -0.05) is 12.8 Å². The topological polar surface area (TPSA) is 26.3 Å². The van der Waals surface area contributed by atoms with Gasteiger partial charge in [0.1, 0.15) is 5.76 Å². The van der Waals surface area contributed by atoms with Gasteiger partial charge in [-0.3, -0.25) is 4.79 Å². The number of allylic oxidation sites excluding steroid dienone is 2. The van der Waals surface area contributed by atoms with Gasteiger partial charge in [-0.2, -0.15) is 0 Å². The highest BCUT2D eigenvalue weighted by molar-refractivity contribution is 5.95. The normalized spacial score (nSPS) is 34.4. The molecule has 0 radical (unpaired) electrons. The quantitative estimate of drug-likeness (QED) is 0.594. The van der Waals surface area contributed by atoms with Crippen molar-refractivity contribution in [2.75, 3.05) is 7.11 Å². The van der Waals surface area contributed by atoms with Gasteiger partial charge in [0.25, 0.3) is 0 Å². The molecule has 12 heavy (non-hydrogen) atoms. The predicted octanol–water partition coefficient (Wildman–Crippen LogP) is 1.91. The minimum absolute atomic E-state index is 0.258. The predicted molar refractivity (Wildman–Crippen MR) is 45.5 cm³/mol. The average Bonchev–Trinajstić information content (AvgIpc) is 2.44. The Kier molecular flexibility index (Phi) is 1.91. The molecule has 2 heteroatoms. The molecule has 0 aromatic rings. The lowest BCUT2D eigenvalue weighted by molar-refractivity contribution is -0.119. The molecule has 1 saturated carbocycles. The number of ether oxygens (including phenoxy) is 1. The monoisotopic (exact) mass is 166 g/mol. The van der Waals surface area contributed by atoms with E-state index in [0.29, 0.717) is 5.92 Å². The fourth-order valence-electron chi connectivity index (χ4n) is 2.38. The maximum Gasteiger partial charge on any atom is 0.162 e. The van der Waals surface area contributed by atoms with Crippen LogP contribution in [-0.2, 0) is 9.53 Å². The van der Waals surface area contributed by atoms with Crippen LogP contribution in [0.4, 0.5) is 0 Å². The molecule has 0 N–H and O–H groups in total. The van der Waals surface area contributed by atoms with Crippen molar-refractivity contribution in [2.45, 2.75) is 25.7 Å². The van der Waals surface area contributed by atoms with Gasteiger partial charge in [-0.05, 0) is 12.8 Å². The molecular formula is C10H14O2. The standard InChI is InChI=1S/C10H14O2/c1-12-10-6-9(11)7-4-2-3-5-8(7)10/h6-8H,2-5H2,1H3. The summed E-state index contributed by atoms with van der Waals surface area (Å²) in [5.41, 5.74) is 0. The van der Waals surface area contributed by atoms with Crippen LogP contribution in [-0.4, -0.2) is 12.9 Å². The van der Waals surface area contributed by atoms with E-state index in [4.69, 9.17) is 4.74 Å². The molecule has 0 spiro atoms. The number of methoxy groups -OCH3 is 1. The fraction of sp³-hybridized carbons (Fsp3) is 0.700. The first-order valence-corrected chi connectivity index (χ1v) is 4.62. The molecule has 2 aliphatic carbocycles. The molecule has 0 heterocycles. The summed E-state index contributed by atoms with van der Waals surface area (Å²) < 4.78 is 5.19. The van der Waals surface area contributed by atoms with E-state index in [1.165, 1.54) is 12.8 Å². The first kappa shape index (κ1) is 7.84. The highest BCUT2D eigenvalue weighted by atomic mass is 16.5. The minimum Gasteiger partial charge on any atom is -0.501 e. The summed E-state index contributed by atoms with van der Waals surface area (Å²) in [6.07, 6.45) is 6.34. The Morgan fingerprint density at radius 2 is 2.00 bits per heavy atom. The molecule has 0 saturated heterocycles. The molecule has 2 atom stereocenters. The summed E-state index contributed by atoms with van der Waals surface area (Å²) in [6, 6.07) is 0. The lowest BCUT2D eigenvalue weighted by atomic mass is 9.80. The van der Waals surface area contributed by atoms with Gasteiger partial charge in [0.2, 0.25) is 0 Å². The van der Waals surface area contributed by atoms with Crippen LogP contribution >= 0.6 is 0 Å². The molecule has 66 valence electrons. The highest BCUT2D eigenvalue weighted by Crippen LogP contribution is 2.40. The molecule has 0 amide bonds. The average molecular weight is 166 g/mol. The molecule has 1 fully saturated rings. The van der Waals surface area contributed by atoms with Gasteiger partial charge in [0.15, 0.2) is 5.78 Å². The number of carbonyl (C=O) groups excluding carboxylic acids is 1. The summed E-state index contributed by atoms with van der Waals surface area (Å²) in [5, 5.41) is 0. The third-order valence-corrected chi connectivity index (χ3v) is 3.02. The minimum atomic E-state index is 0.258. The number of ketones is 1. The zero-order valence-electron chi connectivity index (χ0n) is 7.38. The summed E-state index contributed by atoms with van der Waals surface area (Å²) >= 11 is 0. The Morgan fingerprint density at radius 1 is 1.33 bits per heavy atom. The number of rotatable bonds is 1. The zero-order chi connectivity index (χ0) is 8.55. The zero-order valence-corrected chi connectivity index (χ0v) is 7.38. The van der Waals surface area contributed by atoms with Crippen molar-refractivity contribution < 1.29 is 9.53 Å². The van der Waals surface area contributed by atoms with E-state index in [-0.39, 0.29) is 11.7 Å². The van der Waals surface area contributed by atoms with Crippen molar-refractivity contribution >= 4 is 5.78 Å². The van der Waals surface area contributed by atoms with Crippen LogP contribution in [0.5, 0.6) is 0 Å². The van der Waals surface area contributed by atoms with E-state index < -0.39 is 0 Å². The lowest BCUT2D eigenvalue weighted by Crippen LogP contribution is -2.21. The van der Waals surface area contributed by atoms with Crippen molar-refractivity contribution in [2.24, 2.45) is 11.8 Å². The first-order chi connectivity index (χ1) is 5.83. The summed E-state index contributed by atoms with van der Waals surface area (Å²) in [7, 11) is 1.66.